The van der Waals surface area contributed by atoms with E-state index >= 15 is 0 Å². The monoisotopic (exact) mass is 585 g/mol. The van der Waals surface area contributed by atoms with Crippen molar-refractivity contribution in [3.63, 3.8) is 0 Å². The summed E-state index contributed by atoms with van der Waals surface area (Å²) in [6.07, 6.45) is 3.61. The molecule has 5 aromatic carbocycles. The molecule has 10 rings (SSSR count). The van der Waals surface area contributed by atoms with E-state index < -0.39 is 0 Å². The molecule has 0 aliphatic heterocycles. The molecule has 5 heterocycles. The van der Waals surface area contributed by atoms with Gasteiger partial charge in [0.25, 0.3) is 0 Å². The van der Waals surface area contributed by atoms with Crippen LogP contribution in [0.25, 0.3) is 90.4 Å². The molecule has 0 saturated heterocycles. The lowest BCUT2D eigenvalue weighted by molar-refractivity contribution is 1.02. The highest BCUT2D eigenvalue weighted by atomic mass is 32.1. The second kappa shape index (κ2) is 8.64. The average molecular weight is 586 g/mol. The van der Waals surface area contributed by atoms with Crippen LogP contribution < -0.4 is 0 Å². The smallest absolute Gasteiger partial charge is 0.235 e. The van der Waals surface area contributed by atoms with Crippen molar-refractivity contribution in [3.8, 4) is 17.2 Å². The number of hydrogen-bond donors (Lipinski definition) is 0. The zero-order valence-corrected chi connectivity index (χ0v) is 24.2. The first kappa shape index (κ1) is 23.3. The van der Waals surface area contributed by atoms with Crippen molar-refractivity contribution in [1.29, 1.82) is 0 Å². The van der Waals surface area contributed by atoms with Gasteiger partial charge in [-0.2, -0.15) is 0 Å². The summed E-state index contributed by atoms with van der Waals surface area (Å²) in [5.74, 6) is 0.660. The first-order valence-electron chi connectivity index (χ1n) is 14.1. The van der Waals surface area contributed by atoms with Gasteiger partial charge >= 0.3 is 0 Å². The Labute approximate surface area is 252 Å². The van der Waals surface area contributed by atoms with Gasteiger partial charge in [0.15, 0.2) is 0 Å². The lowest BCUT2D eigenvalue weighted by Crippen LogP contribution is -2.03. The quantitative estimate of drug-likeness (QED) is 0.203. The largest absolute Gasteiger partial charge is 0.276 e. The molecule has 0 aliphatic carbocycles. The highest BCUT2D eigenvalue weighted by molar-refractivity contribution is 7.30. The van der Waals surface area contributed by atoms with Crippen LogP contribution in [0.15, 0.2) is 116 Å². The van der Waals surface area contributed by atoms with Crippen molar-refractivity contribution in [2.75, 3.05) is 0 Å². The molecule has 0 spiro atoms. The first-order valence-corrected chi connectivity index (χ1v) is 15.7. The Hall–Kier alpha value is -5.24. The highest BCUT2D eigenvalue weighted by Gasteiger charge is 2.26. The fourth-order valence-corrected chi connectivity index (χ4v) is 9.10. The number of fused-ring (bicyclic) bond motifs is 13. The fraction of sp³-hybridized carbons (Fsp3) is 0. The lowest BCUT2D eigenvalue weighted by atomic mass is 10.0. The van der Waals surface area contributed by atoms with Gasteiger partial charge in [-0.3, -0.25) is 4.57 Å². The summed E-state index contributed by atoms with van der Waals surface area (Å²) in [7, 11) is 0. The van der Waals surface area contributed by atoms with E-state index in [1.54, 1.807) is 17.7 Å². The second-order valence-electron chi connectivity index (χ2n) is 10.7. The van der Waals surface area contributed by atoms with Crippen LogP contribution in [0, 0.1) is 0 Å². The van der Waals surface area contributed by atoms with Gasteiger partial charge in [-0.1, -0.05) is 84.9 Å². The molecular weight excluding hydrogens is 567 g/mol. The third-order valence-electron chi connectivity index (χ3n) is 8.37. The van der Waals surface area contributed by atoms with Crippen LogP contribution in [0.5, 0.6) is 0 Å². The minimum atomic E-state index is 0.660. The molecule has 200 valence electrons. The standard InChI is InChI=1S/C36H19N5S2/c1-2-10-20(11-3-1)31-21-12-4-7-15-25(21)39-36(40-31)41-26-16-8-5-13-22(26)28-29-23-14-6-9-17-27(23)42-33(29)30-24-18-37-19-38-35(24)43-34(30)32(28)41/h1-19H. The zero-order chi connectivity index (χ0) is 28.1. The normalized spacial score (nSPS) is 12.2. The Bertz CT molecular complexity index is 2740. The Morgan fingerprint density at radius 3 is 2.26 bits per heavy atom. The number of thiophene rings is 2. The van der Waals surface area contributed by atoms with Crippen molar-refractivity contribution >= 4 is 95.9 Å². The van der Waals surface area contributed by atoms with Crippen LogP contribution >= 0.6 is 22.7 Å². The molecule has 10 aromatic rings. The van der Waals surface area contributed by atoms with E-state index in [4.69, 9.17) is 15.0 Å². The summed E-state index contributed by atoms with van der Waals surface area (Å²) in [6, 6.07) is 36.1. The van der Waals surface area contributed by atoms with E-state index in [9.17, 15) is 0 Å². The molecule has 0 unspecified atom stereocenters. The van der Waals surface area contributed by atoms with Crippen LogP contribution in [-0.2, 0) is 0 Å². The van der Waals surface area contributed by atoms with Gasteiger partial charge < -0.3 is 0 Å². The van der Waals surface area contributed by atoms with Gasteiger partial charge in [0.05, 0.1) is 26.9 Å². The Morgan fingerprint density at radius 1 is 0.581 bits per heavy atom. The highest BCUT2D eigenvalue weighted by Crippen LogP contribution is 2.51. The maximum absolute atomic E-state index is 5.34. The SMILES string of the molecule is c1ccc(-c2nc(-n3c4ccccc4c4c5c6ccccc6sc5c5c6cncnc6sc5c43)nc3ccccc23)cc1. The van der Waals surface area contributed by atoms with Crippen molar-refractivity contribution in [2.45, 2.75) is 0 Å². The van der Waals surface area contributed by atoms with Crippen LogP contribution in [0.1, 0.15) is 0 Å². The zero-order valence-electron chi connectivity index (χ0n) is 22.5. The molecule has 5 nitrogen and oxygen atoms in total. The number of nitrogens with zero attached hydrogens (tertiary/aromatic N) is 5. The summed E-state index contributed by atoms with van der Waals surface area (Å²) in [5, 5.41) is 8.28. The van der Waals surface area contributed by atoms with E-state index in [0.717, 1.165) is 43.4 Å². The first-order chi connectivity index (χ1) is 21.3. The van der Waals surface area contributed by atoms with E-state index in [1.165, 1.54) is 41.0 Å². The molecule has 0 aliphatic rings. The second-order valence-corrected chi connectivity index (χ2v) is 12.7. The van der Waals surface area contributed by atoms with E-state index in [0.29, 0.717) is 5.95 Å². The van der Waals surface area contributed by atoms with Crippen molar-refractivity contribution in [2.24, 2.45) is 0 Å². The molecule has 0 radical (unpaired) electrons. The summed E-state index contributed by atoms with van der Waals surface area (Å²) in [6.45, 7) is 0. The van der Waals surface area contributed by atoms with Gasteiger partial charge in [0, 0.05) is 58.9 Å². The number of rotatable bonds is 2. The maximum atomic E-state index is 5.34. The average Bonchev–Trinajstić information content (AvgIpc) is 3.74. The minimum absolute atomic E-state index is 0.660. The molecule has 0 N–H and O–H groups in total. The van der Waals surface area contributed by atoms with E-state index in [-0.39, 0.29) is 0 Å². The number of benzene rings is 5. The van der Waals surface area contributed by atoms with Gasteiger partial charge in [0.1, 0.15) is 11.2 Å². The Balaban J connectivity index is 1.48. The van der Waals surface area contributed by atoms with Crippen LogP contribution in [-0.4, -0.2) is 24.5 Å². The molecule has 7 heteroatoms. The molecule has 43 heavy (non-hydrogen) atoms. The summed E-state index contributed by atoms with van der Waals surface area (Å²) < 4.78 is 6.00. The molecular formula is C36H19N5S2. The van der Waals surface area contributed by atoms with Crippen molar-refractivity contribution in [1.82, 2.24) is 24.5 Å². The third kappa shape index (κ3) is 3.15. The molecule has 0 bridgehead atoms. The number of para-hydroxylation sites is 2. The summed E-state index contributed by atoms with van der Waals surface area (Å²) in [5.41, 5.74) is 5.10. The van der Waals surface area contributed by atoms with Gasteiger partial charge in [-0.25, -0.2) is 19.9 Å². The number of aromatic nitrogens is 5. The predicted molar refractivity (Wildman–Crippen MR) is 181 cm³/mol. The van der Waals surface area contributed by atoms with Crippen molar-refractivity contribution < 1.29 is 0 Å². The number of hydrogen-bond acceptors (Lipinski definition) is 6. The fourth-order valence-electron chi connectivity index (χ4n) is 6.60. The summed E-state index contributed by atoms with van der Waals surface area (Å²) in [4.78, 5) is 20.7. The topological polar surface area (TPSA) is 56.5 Å². The summed E-state index contributed by atoms with van der Waals surface area (Å²) >= 11 is 3.57. The van der Waals surface area contributed by atoms with Crippen molar-refractivity contribution in [3.05, 3.63) is 116 Å². The maximum Gasteiger partial charge on any atom is 0.235 e. The predicted octanol–water partition coefficient (Wildman–Crippen LogP) is 9.92. The lowest BCUT2D eigenvalue weighted by Gasteiger charge is -2.12. The Morgan fingerprint density at radius 2 is 1.35 bits per heavy atom. The van der Waals surface area contributed by atoms with E-state index in [1.807, 2.05) is 29.7 Å². The van der Waals surface area contributed by atoms with Gasteiger partial charge in [-0.15, -0.1) is 22.7 Å². The molecule has 0 fully saturated rings. The van der Waals surface area contributed by atoms with Crippen LogP contribution in [0.3, 0.4) is 0 Å². The van der Waals surface area contributed by atoms with Crippen LogP contribution in [0.2, 0.25) is 0 Å². The molecule has 5 aromatic heterocycles. The third-order valence-corrected chi connectivity index (χ3v) is 10.7. The van der Waals surface area contributed by atoms with Gasteiger partial charge in [0.2, 0.25) is 5.95 Å². The molecule has 0 saturated carbocycles. The van der Waals surface area contributed by atoms with E-state index in [2.05, 4.69) is 101 Å². The van der Waals surface area contributed by atoms with Gasteiger partial charge in [-0.05, 0) is 18.2 Å². The van der Waals surface area contributed by atoms with Crippen LogP contribution in [0.4, 0.5) is 0 Å². The molecule has 0 amide bonds. The Kier molecular flexibility index (Phi) is 4.69. The minimum Gasteiger partial charge on any atom is -0.276 e. The molecule has 0 atom stereocenters.